The van der Waals surface area contributed by atoms with Gasteiger partial charge in [0, 0.05) is 72.4 Å². The topological polar surface area (TPSA) is 49.9 Å². The number of hydrogen-bond donors (Lipinski definition) is 0. The van der Waals surface area contributed by atoms with Crippen molar-refractivity contribution in [3.05, 3.63) is 143 Å². The van der Waals surface area contributed by atoms with Gasteiger partial charge in [-0.25, -0.2) is 0 Å². The average Bonchev–Trinajstić information content (AvgIpc) is 3.17. The van der Waals surface area contributed by atoms with Crippen molar-refractivity contribution in [1.82, 2.24) is 19.6 Å². The van der Waals surface area contributed by atoms with Gasteiger partial charge in [0.05, 0.1) is 0 Å². The summed E-state index contributed by atoms with van der Waals surface area (Å²) >= 11 is 0. The molecule has 0 radical (unpaired) electrons. The maximum Gasteiger partial charge on any atom is 0.142 e. The predicted octanol–water partition coefficient (Wildman–Crippen LogP) is 8.26. The molecule has 0 aliphatic carbocycles. The Bertz CT molecular complexity index is 1870. The first kappa shape index (κ1) is 37.7. The number of nitrogens with zero attached hydrogens (tertiary/aromatic N) is 4. The minimum absolute atomic E-state index is 0.0733. The van der Waals surface area contributed by atoms with Gasteiger partial charge < -0.3 is 18.9 Å². The Kier molecular flexibility index (Phi) is 10.9. The second kappa shape index (κ2) is 15.6. The van der Waals surface area contributed by atoms with E-state index in [2.05, 4.69) is 147 Å². The SMILES string of the molecule is C=CCN1COc2ccc(C(C)(C)c3ccc4c(c3)CN(CC=C)CO4)cc2C1.CN1COc2ccc(C(C)(C)c3ccc4c(c3)CN(C)CO4)cc2C1. The molecule has 8 heteroatoms. The molecule has 4 aromatic rings. The molecular formula is C46H56N4O4. The number of fused-ring (bicyclic) bond motifs is 4. The van der Waals surface area contributed by atoms with E-state index in [4.69, 9.17) is 18.9 Å². The lowest BCUT2D eigenvalue weighted by molar-refractivity contribution is 0.107. The van der Waals surface area contributed by atoms with Crippen LogP contribution in [0.2, 0.25) is 0 Å². The normalized spacial score (nSPS) is 17.4. The molecule has 8 nitrogen and oxygen atoms in total. The Hall–Kier alpha value is -4.60. The van der Waals surface area contributed by atoms with Gasteiger partial charge in [0.15, 0.2) is 0 Å². The molecule has 0 aromatic heterocycles. The van der Waals surface area contributed by atoms with Gasteiger partial charge in [-0.3, -0.25) is 19.6 Å². The van der Waals surface area contributed by atoms with E-state index in [0.717, 1.165) is 62.3 Å². The molecule has 0 bridgehead atoms. The van der Waals surface area contributed by atoms with Crippen LogP contribution < -0.4 is 18.9 Å². The molecule has 8 rings (SSSR count). The second-order valence-electron chi connectivity index (χ2n) is 16.3. The van der Waals surface area contributed by atoms with Crippen molar-refractivity contribution >= 4 is 0 Å². The van der Waals surface area contributed by atoms with Crippen LogP contribution in [0.25, 0.3) is 0 Å². The van der Waals surface area contributed by atoms with Crippen LogP contribution in [-0.2, 0) is 37.0 Å². The number of rotatable bonds is 8. The van der Waals surface area contributed by atoms with Crippen LogP contribution in [0.5, 0.6) is 23.0 Å². The summed E-state index contributed by atoms with van der Waals surface area (Å²) in [6.07, 6.45) is 3.85. The molecule has 284 valence electrons. The van der Waals surface area contributed by atoms with Crippen LogP contribution in [0, 0.1) is 0 Å². The number of benzene rings is 4. The molecular weight excluding hydrogens is 673 g/mol. The van der Waals surface area contributed by atoms with Gasteiger partial charge >= 0.3 is 0 Å². The second-order valence-corrected chi connectivity index (χ2v) is 16.3. The summed E-state index contributed by atoms with van der Waals surface area (Å²) in [5, 5.41) is 0. The summed E-state index contributed by atoms with van der Waals surface area (Å²) in [6.45, 7) is 24.7. The minimum Gasteiger partial charge on any atom is -0.478 e. The van der Waals surface area contributed by atoms with Gasteiger partial charge in [-0.05, 0) is 84.9 Å². The Morgan fingerprint density at radius 1 is 0.481 bits per heavy atom. The largest absolute Gasteiger partial charge is 0.478 e. The van der Waals surface area contributed by atoms with Gasteiger partial charge in [-0.2, -0.15) is 0 Å². The first-order chi connectivity index (χ1) is 25.9. The van der Waals surface area contributed by atoms with Crippen molar-refractivity contribution in [2.75, 3.05) is 54.1 Å². The van der Waals surface area contributed by atoms with Crippen LogP contribution in [-0.4, -0.2) is 73.7 Å². The fourth-order valence-corrected chi connectivity index (χ4v) is 7.79. The van der Waals surface area contributed by atoms with E-state index in [1.807, 2.05) is 12.2 Å². The molecule has 0 amide bonds. The monoisotopic (exact) mass is 728 g/mol. The minimum atomic E-state index is -0.120. The van der Waals surface area contributed by atoms with Crippen molar-refractivity contribution in [2.24, 2.45) is 0 Å². The molecule has 0 N–H and O–H groups in total. The summed E-state index contributed by atoms with van der Waals surface area (Å²) in [7, 11) is 4.17. The van der Waals surface area contributed by atoms with Crippen LogP contribution in [0.15, 0.2) is 98.1 Å². The zero-order valence-electron chi connectivity index (χ0n) is 33.0. The standard InChI is InChI=1S/C25H30N2O2.C21H26N2O2/c1-5-11-26-15-19-13-21(7-9-23(19)28-17-26)25(3,4)22-8-10-24-20(14-22)16-27(12-6-2)18-29-24;1-21(2,17-5-7-19-15(9-17)11-22(3)13-24-19)18-6-8-20-16(10-18)12-23(4)14-25-20/h5-10,13-14H,1-2,11-12,15-18H2,3-4H3;5-10H,11-14H2,1-4H3. The molecule has 0 unspecified atom stereocenters. The highest BCUT2D eigenvalue weighted by atomic mass is 16.5. The molecule has 0 spiro atoms. The summed E-state index contributed by atoms with van der Waals surface area (Å²) < 4.78 is 23.4. The third-order valence-corrected chi connectivity index (χ3v) is 11.3. The van der Waals surface area contributed by atoms with E-state index >= 15 is 0 Å². The lowest BCUT2D eigenvalue weighted by Crippen LogP contribution is -2.33. The quantitative estimate of drug-likeness (QED) is 0.168. The van der Waals surface area contributed by atoms with Gasteiger partial charge in [-0.1, -0.05) is 64.1 Å². The van der Waals surface area contributed by atoms with Gasteiger partial charge in [-0.15, -0.1) is 13.2 Å². The highest BCUT2D eigenvalue weighted by Crippen LogP contribution is 2.40. The maximum absolute atomic E-state index is 5.92. The number of hydrogen-bond acceptors (Lipinski definition) is 8. The Balaban J connectivity index is 0.000000168. The van der Waals surface area contributed by atoms with E-state index in [1.165, 1.54) is 44.5 Å². The molecule has 4 heterocycles. The summed E-state index contributed by atoms with van der Waals surface area (Å²) in [4.78, 5) is 8.86. The van der Waals surface area contributed by atoms with Gasteiger partial charge in [0.2, 0.25) is 0 Å². The molecule has 0 atom stereocenters. The third-order valence-electron chi connectivity index (χ3n) is 11.3. The van der Waals surface area contributed by atoms with Crippen molar-refractivity contribution in [3.63, 3.8) is 0 Å². The Morgan fingerprint density at radius 3 is 1.09 bits per heavy atom. The smallest absolute Gasteiger partial charge is 0.142 e. The lowest BCUT2D eigenvalue weighted by Gasteiger charge is -2.33. The van der Waals surface area contributed by atoms with E-state index in [9.17, 15) is 0 Å². The van der Waals surface area contributed by atoms with Crippen molar-refractivity contribution in [2.45, 2.75) is 64.7 Å². The molecule has 0 fully saturated rings. The van der Waals surface area contributed by atoms with Crippen LogP contribution >= 0.6 is 0 Å². The number of ether oxygens (including phenoxy) is 4. The summed E-state index contributed by atoms with van der Waals surface area (Å²) in [6, 6.07) is 26.5. The van der Waals surface area contributed by atoms with E-state index in [-0.39, 0.29) is 10.8 Å². The van der Waals surface area contributed by atoms with E-state index in [0.29, 0.717) is 26.9 Å². The zero-order valence-corrected chi connectivity index (χ0v) is 33.0. The van der Waals surface area contributed by atoms with Gasteiger partial charge in [0.25, 0.3) is 0 Å². The fourth-order valence-electron chi connectivity index (χ4n) is 7.79. The maximum atomic E-state index is 5.92. The fraction of sp³-hybridized carbons (Fsp3) is 0.391. The zero-order chi connectivity index (χ0) is 38.0. The van der Waals surface area contributed by atoms with Crippen molar-refractivity contribution < 1.29 is 18.9 Å². The Morgan fingerprint density at radius 2 is 0.778 bits per heavy atom. The first-order valence-corrected chi connectivity index (χ1v) is 19.0. The molecule has 0 saturated carbocycles. The third kappa shape index (κ3) is 7.94. The summed E-state index contributed by atoms with van der Waals surface area (Å²) in [5.41, 5.74) is 10.0. The molecule has 0 saturated heterocycles. The van der Waals surface area contributed by atoms with Crippen LogP contribution in [0.1, 0.15) is 72.2 Å². The van der Waals surface area contributed by atoms with Crippen LogP contribution in [0.4, 0.5) is 0 Å². The van der Waals surface area contributed by atoms with E-state index < -0.39 is 0 Å². The first-order valence-electron chi connectivity index (χ1n) is 19.0. The van der Waals surface area contributed by atoms with Crippen molar-refractivity contribution in [1.29, 1.82) is 0 Å². The molecule has 4 aromatic carbocycles. The Labute approximate surface area is 322 Å². The van der Waals surface area contributed by atoms with Crippen molar-refractivity contribution in [3.8, 4) is 23.0 Å². The van der Waals surface area contributed by atoms with E-state index in [1.54, 1.807) is 0 Å². The molecule has 54 heavy (non-hydrogen) atoms. The highest BCUT2D eigenvalue weighted by Gasteiger charge is 2.29. The van der Waals surface area contributed by atoms with Gasteiger partial charge in [0.1, 0.15) is 49.9 Å². The highest BCUT2D eigenvalue weighted by molar-refractivity contribution is 5.50. The average molecular weight is 729 g/mol. The molecule has 4 aliphatic heterocycles. The molecule has 4 aliphatic rings. The summed E-state index contributed by atoms with van der Waals surface area (Å²) in [5.74, 6) is 4.00. The lowest BCUT2D eigenvalue weighted by atomic mass is 9.77. The van der Waals surface area contributed by atoms with Crippen LogP contribution in [0.3, 0.4) is 0 Å². The predicted molar refractivity (Wildman–Crippen MR) is 216 cm³/mol.